The van der Waals surface area contributed by atoms with Crippen LogP contribution in [0, 0.1) is 11.7 Å². The van der Waals surface area contributed by atoms with Crippen LogP contribution in [0.25, 0.3) is 0 Å². The van der Waals surface area contributed by atoms with Gasteiger partial charge >= 0.3 is 0 Å². The van der Waals surface area contributed by atoms with Crippen LogP contribution in [0.1, 0.15) is 38.8 Å². The van der Waals surface area contributed by atoms with Gasteiger partial charge in [0.25, 0.3) is 0 Å². The molecule has 0 bridgehead atoms. The Morgan fingerprint density at radius 2 is 2.06 bits per heavy atom. The van der Waals surface area contributed by atoms with Gasteiger partial charge in [-0.15, -0.1) is 0 Å². The first-order chi connectivity index (χ1) is 8.52. The Balaban J connectivity index is 2.47. The second kappa shape index (κ2) is 7.49. The Morgan fingerprint density at radius 1 is 1.33 bits per heavy atom. The quantitative estimate of drug-likeness (QED) is 0.807. The lowest BCUT2D eigenvalue weighted by molar-refractivity contribution is 0.247. The van der Waals surface area contributed by atoms with Crippen LogP contribution in [0.2, 0.25) is 0 Å². The summed E-state index contributed by atoms with van der Waals surface area (Å²) in [4.78, 5) is 2.39. The fourth-order valence-corrected chi connectivity index (χ4v) is 2.12. The standard InChI is InChI=1S/C15H25FN2/c1-4-18(11-12(2)3)9-8-15(17)13-6-5-7-14(16)10-13/h5-7,10,12,15H,4,8-9,11,17H2,1-3H3. The van der Waals surface area contributed by atoms with Gasteiger partial charge in [-0.25, -0.2) is 4.39 Å². The molecule has 0 saturated heterocycles. The van der Waals surface area contributed by atoms with E-state index in [1.807, 2.05) is 6.07 Å². The molecule has 0 aliphatic rings. The van der Waals surface area contributed by atoms with E-state index in [0.29, 0.717) is 5.92 Å². The lowest BCUT2D eigenvalue weighted by atomic mass is 10.0. The van der Waals surface area contributed by atoms with Crippen LogP contribution in [-0.2, 0) is 0 Å². The molecule has 1 aromatic carbocycles. The molecule has 3 heteroatoms. The van der Waals surface area contributed by atoms with Gasteiger partial charge in [0.15, 0.2) is 0 Å². The lowest BCUT2D eigenvalue weighted by Crippen LogP contribution is -2.30. The van der Waals surface area contributed by atoms with Crippen molar-refractivity contribution in [3.63, 3.8) is 0 Å². The zero-order valence-corrected chi connectivity index (χ0v) is 11.7. The molecule has 0 aliphatic carbocycles. The van der Waals surface area contributed by atoms with Crippen LogP contribution in [0.15, 0.2) is 24.3 Å². The van der Waals surface area contributed by atoms with Gasteiger partial charge in [0.05, 0.1) is 0 Å². The lowest BCUT2D eigenvalue weighted by Gasteiger charge is -2.24. The second-order valence-corrected chi connectivity index (χ2v) is 5.24. The van der Waals surface area contributed by atoms with E-state index >= 15 is 0 Å². The smallest absolute Gasteiger partial charge is 0.123 e. The Morgan fingerprint density at radius 3 is 2.61 bits per heavy atom. The average molecular weight is 252 g/mol. The number of halogens is 1. The summed E-state index contributed by atoms with van der Waals surface area (Å²) in [5.41, 5.74) is 6.99. The van der Waals surface area contributed by atoms with Crippen molar-refractivity contribution in [3.8, 4) is 0 Å². The van der Waals surface area contributed by atoms with Crippen LogP contribution in [0.3, 0.4) is 0 Å². The summed E-state index contributed by atoms with van der Waals surface area (Å²) in [5.74, 6) is 0.452. The predicted octanol–water partition coefficient (Wildman–Crippen LogP) is 3.19. The Labute approximate surface area is 110 Å². The third-order valence-corrected chi connectivity index (χ3v) is 3.10. The maximum Gasteiger partial charge on any atom is 0.123 e. The number of hydrogen-bond acceptors (Lipinski definition) is 2. The van der Waals surface area contributed by atoms with Gasteiger partial charge in [-0.1, -0.05) is 32.9 Å². The van der Waals surface area contributed by atoms with Crippen molar-refractivity contribution in [2.75, 3.05) is 19.6 Å². The number of nitrogens with zero attached hydrogens (tertiary/aromatic N) is 1. The maximum absolute atomic E-state index is 13.1. The molecule has 2 nitrogen and oxygen atoms in total. The summed E-state index contributed by atoms with van der Waals surface area (Å²) in [6.07, 6.45) is 0.865. The highest BCUT2D eigenvalue weighted by atomic mass is 19.1. The third kappa shape index (κ3) is 5.15. The van der Waals surface area contributed by atoms with E-state index in [-0.39, 0.29) is 11.9 Å². The van der Waals surface area contributed by atoms with Gasteiger partial charge < -0.3 is 10.6 Å². The summed E-state index contributed by atoms with van der Waals surface area (Å²) in [6.45, 7) is 9.69. The van der Waals surface area contributed by atoms with Crippen molar-refractivity contribution in [2.24, 2.45) is 11.7 Å². The third-order valence-electron chi connectivity index (χ3n) is 3.10. The van der Waals surface area contributed by atoms with E-state index in [4.69, 9.17) is 5.73 Å². The molecule has 1 aromatic rings. The zero-order chi connectivity index (χ0) is 13.5. The number of benzene rings is 1. The molecule has 0 saturated carbocycles. The number of hydrogen-bond donors (Lipinski definition) is 1. The largest absolute Gasteiger partial charge is 0.324 e. The zero-order valence-electron chi connectivity index (χ0n) is 11.7. The summed E-state index contributed by atoms with van der Waals surface area (Å²) >= 11 is 0. The maximum atomic E-state index is 13.1. The summed E-state index contributed by atoms with van der Waals surface area (Å²) in [6, 6.07) is 6.52. The minimum absolute atomic E-state index is 0.0816. The van der Waals surface area contributed by atoms with Gasteiger partial charge in [-0.3, -0.25) is 0 Å². The fourth-order valence-electron chi connectivity index (χ4n) is 2.12. The SMILES string of the molecule is CCN(CCC(N)c1cccc(F)c1)CC(C)C. The van der Waals surface area contributed by atoms with Gasteiger partial charge in [-0.2, -0.15) is 0 Å². The van der Waals surface area contributed by atoms with E-state index in [2.05, 4.69) is 25.7 Å². The van der Waals surface area contributed by atoms with E-state index in [0.717, 1.165) is 31.6 Å². The minimum Gasteiger partial charge on any atom is -0.324 e. The Bertz CT molecular complexity index is 352. The van der Waals surface area contributed by atoms with Crippen LogP contribution in [-0.4, -0.2) is 24.5 Å². The second-order valence-electron chi connectivity index (χ2n) is 5.24. The topological polar surface area (TPSA) is 29.3 Å². The molecule has 1 unspecified atom stereocenters. The molecule has 0 amide bonds. The van der Waals surface area contributed by atoms with Crippen molar-refractivity contribution in [2.45, 2.75) is 33.2 Å². The highest BCUT2D eigenvalue weighted by molar-refractivity contribution is 5.19. The monoisotopic (exact) mass is 252 g/mol. The highest BCUT2D eigenvalue weighted by Gasteiger charge is 2.10. The molecule has 0 aliphatic heterocycles. The van der Waals surface area contributed by atoms with Crippen LogP contribution in [0.5, 0.6) is 0 Å². The average Bonchev–Trinajstić information content (AvgIpc) is 2.33. The summed E-state index contributed by atoms with van der Waals surface area (Å²) in [7, 11) is 0. The van der Waals surface area contributed by atoms with Gasteiger partial charge in [0.1, 0.15) is 5.82 Å². The van der Waals surface area contributed by atoms with Crippen molar-refractivity contribution in [3.05, 3.63) is 35.6 Å². The van der Waals surface area contributed by atoms with Crippen LogP contribution in [0.4, 0.5) is 4.39 Å². The molecule has 2 N–H and O–H groups in total. The van der Waals surface area contributed by atoms with E-state index in [9.17, 15) is 4.39 Å². The van der Waals surface area contributed by atoms with E-state index in [1.54, 1.807) is 6.07 Å². The fraction of sp³-hybridized carbons (Fsp3) is 0.600. The molecular weight excluding hydrogens is 227 g/mol. The van der Waals surface area contributed by atoms with Crippen molar-refractivity contribution in [1.29, 1.82) is 0 Å². The Kier molecular flexibility index (Phi) is 6.30. The number of nitrogens with two attached hydrogens (primary N) is 1. The summed E-state index contributed by atoms with van der Waals surface area (Å²) < 4.78 is 13.1. The first-order valence-corrected chi connectivity index (χ1v) is 6.76. The van der Waals surface area contributed by atoms with Crippen LogP contribution >= 0.6 is 0 Å². The van der Waals surface area contributed by atoms with Crippen molar-refractivity contribution in [1.82, 2.24) is 4.90 Å². The van der Waals surface area contributed by atoms with Crippen LogP contribution < -0.4 is 5.73 Å². The van der Waals surface area contributed by atoms with Crippen molar-refractivity contribution < 1.29 is 4.39 Å². The molecule has 18 heavy (non-hydrogen) atoms. The van der Waals surface area contributed by atoms with E-state index in [1.165, 1.54) is 12.1 Å². The molecule has 0 spiro atoms. The van der Waals surface area contributed by atoms with Gasteiger partial charge in [0, 0.05) is 12.6 Å². The molecular formula is C15H25FN2. The molecule has 102 valence electrons. The molecule has 0 fully saturated rings. The Hall–Kier alpha value is -0.930. The normalized spacial score (nSPS) is 13.3. The first-order valence-electron chi connectivity index (χ1n) is 6.76. The molecule has 0 radical (unpaired) electrons. The van der Waals surface area contributed by atoms with Gasteiger partial charge in [-0.05, 0) is 43.1 Å². The molecule has 0 heterocycles. The molecule has 1 atom stereocenters. The van der Waals surface area contributed by atoms with Gasteiger partial charge in [0.2, 0.25) is 0 Å². The summed E-state index contributed by atoms with van der Waals surface area (Å²) in [5, 5.41) is 0. The predicted molar refractivity (Wildman–Crippen MR) is 74.9 cm³/mol. The highest BCUT2D eigenvalue weighted by Crippen LogP contribution is 2.15. The van der Waals surface area contributed by atoms with Crippen molar-refractivity contribution >= 4 is 0 Å². The van der Waals surface area contributed by atoms with E-state index < -0.39 is 0 Å². The number of rotatable bonds is 7. The molecule has 0 aromatic heterocycles. The first kappa shape index (κ1) is 15.1. The minimum atomic E-state index is -0.211. The molecule has 1 rings (SSSR count).